The van der Waals surface area contributed by atoms with Gasteiger partial charge in [0.15, 0.2) is 11.5 Å². The van der Waals surface area contributed by atoms with Crippen molar-refractivity contribution in [2.75, 3.05) is 25.3 Å². The molecule has 0 aromatic heterocycles. The fraction of sp³-hybridized carbons (Fsp3) is 0.235. The summed E-state index contributed by atoms with van der Waals surface area (Å²) in [6.45, 7) is 2.85. The Morgan fingerprint density at radius 3 is 2.88 bits per heavy atom. The summed E-state index contributed by atoms with van der Waals surface area (Å²) in [6.07, 6.45) is 0. The molecule has 2 aromatic rings. The first-order valence-electron chi connectivity index (χ1n) is 7.45. The van der Waals surface area contributed by atoms with Gasteiger partial charge in [-0.2, -0.15) is 0 Å². The van der Waals surface area contributed by atoms with Crippen molar-refractivity contribution >= 4 is 23.3 Å². The molecule has 0 bridgehead atoms. The molecule has 2 N–H and O–H groups in total. The Kier molecular flexibility index (Phi) is 4.96. The minimum Gasteiger partial charge on any atom is -0.491 e. The van der Waals surface area contributed by atoms with Gasteiger partial charge in [0.05, 0.1) is 6.54 Å². The van der Waals surface area contributed by atoms with Crippen molar-refractivity contribution in [1.82, 2.24) is 5.32 Å². The highest BCUT2D eigenvalue weighted by molar-refractivity contribution is 6.30. The molecule has 2 amide bonds. The summed E-state index contributed by atoms with van der Waals surface area (Å²) in [5.74, 6) is 2.04. The Bertz CT molecular complexity index is 751. The Morgan fingerprint density at radius 2 is 2.04 bits per heavy atom. The first-order valence-corrected chi connectivity index (χ1v) is 7.83. The Hall–Kier alpha value is -2.60. The van der Waals surface area contributed by atoms with Gasteiger partial charge in [-0.1, -0.05) is 11.6 Å². The summed E-state index contributed by atoms with van der Waals surface area (Å²) in [7, 11) is 0. The number of anilines is 1. The lowest BCUT2D eigenvalue weighted by atomic mass is 10.2. The van der Waals surface area contributed by atoms with Gasteiger partial charge < -0.3 is 24.8 Å². The number of fused-ring (bicyclic) bond motifs is 1. The maximum Gasteiger partial charge on any atom is 0.319 e. The number of benzene rings is 2. The van der Waals surface area contributed by atoms with Crippen LogP contribution >= 0.6 is 11.6 Å². The van der Waals surface area contributed by atoms with Gasteiger partial charge >= 0.3 is 6.03 Å². The zero-order chi connectivity index (χ0) is 16.9. The molecule has 6 nitrogen and oxygen atoms in total. The molecule has 0 unspecified atom stereocenters. The quantitative estimate of drug-likeness (QED) is 0.810. The second-order valence-corrected chi connectivity index (χ2v) is 5.64. The topological polar surface area (TPSA) is 68.8 Å². The number of halogens is 1. The molecule has 7 heteroatoms. The smallest absolute Gasteiger partial charge is 0.319 e. The highest BCUT2D eigenvalue weighted by Gasteiger charge is 2.13. The maximum absolute atomic E-state index is 11.9. The monoisotopic (exact) mass is 348 g/mol. The van der Waals surface area contributed by atoms with Gasteiger partial charge in [0.1, 0.15) is 12.4 Å². The third kappa shape index (κ3) is 4.02. The predicted octanol–water partition coefficient (Wildman–Crippen LogP) is 3.58. The minimum atomic E-state index is -0.315. The van der Waals surface area contributed by atoms with Crippen LogP contribution in [-0.4, -0.2) is 26.0 Å². The van der Waals surface area contributed by atoms with Crippen LogP contribution in [0.15, 0.2) is 36.4 Å². The first kappa shape index (κ1) is 16.3. The third-order valence-corrected chi connectivity index (χ3v) is 3.65. The van der Waals surface area contributed by atoms with Gasteiger partial charge in [-0.05, 0) is 42.8 Å². The molecule has 1 heterocycles. The van der Waals surface area contributed by atoms with E-state index in [2.05, 4.69) is 10.6 Å². The van der Waals surface area contributed by atoms with Gasteiger partial charge in [0, 0.05) is 16.8 Å². The van der Waals surface area contributed by atoms with Gasteiger partial charge in [-0.15, -0.1) is 0 Å². The van der Waals surface area contributed by atoms with Crippen LogP contribution in [-0.2, 0) is 0 Å². The number of urea groups is 1. The number of carbonyl (C=O) groups is 1. The van der Waals surface area contributed by atoms with E-state index in [0.717, 1.165) is 11.3 Å². The average Bonchev–Trinajstić information content (AvgIpc) is 3.01. The fourth-order valence-corrected chi connectivity index (χ4v) is 2.48. The summed E-state index contributed by atoms with van der Waals surface area (Å²) in [4.78, 5) is 11.9. The minimum absolute atomic E-state index is 0.201. The largest absolute Gasteiger partial charge is 0.491 e. The summed E-state index contributed by atoms with van der Waals surface area (Å²) in [5.41, 5.74) is 1.58. The molecular weight excluding hydrogens is 332 g/mol. The molecule has 126 valence electrons. The second kappa shape index (κ2) is 7.31. The van der Waals surface area contributed by atoms with Crippen molar-refractivity contribution < 1.29 is 19.0 Å². The van der Waals surface area contributed by atoms with Crippen molar-refractivity contribution in [2.45, 2.75) is 6.92 Å². The van der Waals surface area contributed by atoms with Crippen molar-refractivity contribution in [1.29, 1.82) is 0 Å². The molecule has 0 aliphatic carbocycles. The number of nitrogens with one attached hydrogen (secondary N) is 2. The first-order chi connectivity index (χ1) is 11.6. The van der Waals surface area contributed by atoms with Crippen LogP contribution in [0.3, 0.4) is 0 Å². The Morgan fingerprint density at radius 1 is 1.21 bits per heavy atom. The fourth-order valence-electron chi connectivity index (χ4n) is 2.25. The van der Waals surface area contributed by atoms with Crippen LogP contribution in [0.5, 0.6) is 17.2 Å². The van der Waals surface area contributed by atoms with Crippen LogP contribution in [0, 0.1) is 6.92 Å². The van der Waals surface area contributed by atoms with E-state index in [-0.39, 0.29) is 12.8 Å². The van der Waals surface area contributed by atoms with Crippen molar-refractivity contribution in [3.8, 4) is 17.2 Å². The highest BCUT2D eigenvalue weighted by atomic mass is 35.5. The van der Waals surface area contributed by atoms with Gasteiger partial charge in [-0.3, -0.25) is 0 Å². The molecule has 0 atom stereocenters. The predicted molar refractivity (Wildman–Crippen MR) is 91.3 cm³/mol. The van der Waals surface area contributed by atoms with Crippen LogP contribution < -0.4 is 24.8 Å². The van der Waals surface area contributed by atoms with E-state index < -0.39 is 0 Å². The second-order valence-electron chi connectivity index (χ2n) is 5.21. The van der Waals surface area contributed by atoms with Crippen molar-refractivity contribution in [2.24, 2.45) is 0 Å². The van der Waals surface area contributed by atoms with Gasteiger partial charge in [0.2, 0.25) is 6.79 Å². The summed E-state index contributed by atoms with van der Waals surface area (Å²) >= 11 is 5.89. The number of hydrogen-bond acceptors (Lipinski definition) is 4. The molecule has 0 saturated carbocycles. The molecule has 3 rings (SSSR count). The summed E-state index contributed by atoms with van der Waals surface area (Å²) in [6, 6.07) is 10.3. The lowest BCUT2D eigenvalue weighted by Crippen LogP contribution is -2.32. The van der Waals surface area contributed by atoms with Crippen LogP contribution in [0.25, 0.3) is 0 Å². The number of rotatable bonds is 5. The van der Waals surface area contributed by atoms with E-state index in [4.69, 9.17) is 25.8 Å². The molecule has 0 spiro atoms. The molecular formula is C17H17ClN2O4. The normalized spacial score (nSPS) is 11.9. The molecule has 0 radical (unpaired) electrons. The lowest BCUT2D eigenvalue weighted by molar-refractivity contribution is 0.174. The van der Waals surface area contributed by atoms with E-state index in [1.807, 2.05) is 19.1 Å². The SMILES string of the molecule is Cc1cc(Cl)ccc1OCCNC(=O)Nc1ccc2c(c1)OCO2. The molecule has 24 heavy (non-hydrogen) atoms. The number of ether oxygens (including phenoxy) is 3. The van der Waals surface area contributed by atoms with Crippen LogP contribution in [0.1, 0.15) is 5.56 Å². The number of amides is 2. The summed E-state index contributed by atoms with van der Waals surface area (Å²) in [5, 5.41) is 6.12. The Labute approximate surface area is 144 Å². The average molecular weight is 349 g/mol. The number of hydrogen-bond donors (Lipinski definition) is 2. The van der Waals surface area contributed by atoms with E-state index in [1.54, 1.807) is 24.3 Å². The van der Waals surface area contributed by atoms with E-state index in [9.17, 15) is 4.79 Å². The molecule has 0 fully saturated rings. The standard InChI is InChI=1S/C17H17ClN2O4/c1-11-8-12(18)2-4-14(11)22-7-6-19-17(21)20-13-3-5-15-16(9-13)24-10-23-15/h2-5,8-9H,6-7,10H2,1H3,(H2,19,20,21). The number of carbonyl (C=O) groups excluding carboxylic acids is 1. The molecule has 2 aromatic carbocycles. The number of aryl methyl sites for hydroxylation is 1. The maximum atomic E-state index is 11.9. The third-order valence-electron chi connectivity index (χ3n) is 3.41. The Balaban J connectivity index is 1.42. The van der Waals surface area contributed by atoms with Gasteiger partial charge in [-0.25, -0.2) is 4.79 Å². The van der Waals surface area contributed by atoms with E-state index in [0.29, 0.717) is 35.4 Å². The van der Waals surface area contributed by atoms with Crippen LogP contribution in [0.4, 0.5) is 10.5 Å². The van der Waals surface area contributed by atoms with Crippen LogP contribution in [0.2, 0.25) is 5.02 Å². The zero-order valence-electron chi connectivity index (χ0n) is 13.1. The van der Waals surface area contributed by atoms with Gasteiger partial charge in [0.25, 0.3) is 0 Å². The van der Waals surface area contributed by atoms with E-state index >= 15 is 0 Å². The zero-order valence-corrected chi connectivity index (χ0v) is 13.9. The highest BCUT2D eigenvalue weighted by Crippen LogP contribution is 2.34. The van der Waals surface area contributed by atoms with E-state index in [1.165, 1.54) is 0 Å². The van der Waals surface area contributed by atoms with Crippen molar-refractivity contribution in [3.05, 3.63) is 47.0 Å². The molecule has 1 aliphatic rings. The lowest BCUT2D eigenvalue weighted by Gasteiger charge is -2.11. The van der Waals surface area contributed by atoms with Crippen molar-refractivity contribution in [3.63, 3.8) is 0 Å². The molecule has 0 saturated heterocycles. The summed E-state index contributed by atoms with van der Waals surface area (Å²) < 4.78 is 16.1. The molecule has 1 aliphatic heterocycles.